The number of carbonyl (C=O) groups is 2. The molecule has 1 amide bonds. The van der Waals surface area contributed by atoms with Crippen molar-refractivity contribution in [2.24, 2.45) is 5.10 Å². The van der Waals surface area contributed by atoms with Gasteiger partial charge in [0.15, 0.2) is 11.5 Å². The number of rotatable bonds is 9. The first-order chi connectivity index (χ1) is 15.0. The fourth-order valence-electron chi connectivity index (χ4n) is 2.57. The molecule has 0 bridgehead atoms. The monoisotopic (exact) mass is 486 g/mol. The van der Waals surface area contributed by atoms with Crippen LogP contribution in [0.25, 0.3) is 0 Å². The number of halogens is 1. The Bertz CT molecular complexity index is 1110. The lowest BCUT2D eigenvalue weighted by Gasteiger charge is -2.11. The van der Waals surface area contributed by atoms with Crippen molar-refractivity contribution in [2.75, 3.05) is 6.61 Å². The Morgan fingerprint density at radius 3 is 2.68 bits per heavy atom. The summed E-state index contributed by atoms with van der Waals surface area (Å²) in [6, 6.07) is 15.1. The molecule has 0 saturated carbocycles. The minimum absolute atomic E-state index is 0.0451. The number of aromatic carboxylic acids is 1. The van der Waals surface area contributed by atoms with Gasteiger partial charge in [0.25, 0.3) is 5.91 Å². The molecule has 9 heteroatoms. The van der Waals surface area contributed by atoms with Gasteiger partial charge in [-0.05, 0) is 61.0 Å². The number of furan rings is 1. The highest BCUT2D eigenvalue weighted by Crippen LogP contribution is 2.29. The first-order valence-corrected chi connectivity index (χ1v) is 10.1. The first kappa shape index (κ1) is 22.1. The van der Waals surface area contributed by atoms with E-state index in [1.54, 1.807) is 42.5 Å². The average molecular weight is 487 g/mol. The van der Waals surface area contributed by atoms with E-state index in [4.69, 9.17) is 19.0 Å². The van der Waals surface area contributed by atoms with Crippen LogP contribution < -0.4 is 14.9 Å². The van der Waals surface area contributed by atoms with Gasteiger partial charge in [-0.1, -0.05) is 22.0 Å². The molecule has 0 spiro atoms. The van der Waals surface area contributed by atoms with Crippen LogP contribution in [0.2, 0.25) is 0 Å². The summed E-state index contributed by atoms with van der Waals surface area (Å²) < 4.78 is 17.3. The van der Waals surface area contributed by atoms with Crippen molar-refractivity contribution < 1.29 is 28.6 Å². The molecule has 160 valence electrons. The molecule has 0 fully saturated rings. The molecular formula is C22H19BrN2O6. The number of hydrogen-bond acceptors (Lipinski definition) is 6. The van der Waals surface area contributed by atoms with Crippen molar-refractivity contribution >= 4 is 34.0 Å². The van der Waals surface area contributed by atoms with E-state index in [1.807, 2.05) is 13.0 Å². The standard InChI is InChI=1S/C22H19BrN2O6/c1-2-29-20-10-14(12-24-25-21(26)15-4-3-5-16(23)11-15)6-8-18(20)30-13-17-7-9-19(31-17)22(27)28/h3-12H,2,13H2,1H3,(H,25,26)(H,27,28). The van der Waals surface area contributed by atoms with E-state index in [2.05, 4.69) is 26.5 Å². The van der Waals surface area contributed by atoms with E-state index in [-0.39, 0.29) is 18.3 Å². The van der Waals surface area contributed by atoms with E-state index in [1.165, 1.54) is 12.3 Å². The highest BCUT2D eigenvalue weighted by Gasteiger charge is 2.11. The number of nitrogens with zero attached hydrogens (tertiary/aromatic N) is 1. The minimum atomic E-state index is -1.14. The molecule has 31 heavy (non-hydrogen) atoms. The molecule has 0 aliphatic rings. The summed E-state index contributed by atoms with van der Waals surface area (Å²) in [5, 5.41) is 12.9. The number of carbonyl (C=O) groups excluding carboxylic acids is 1. The van der Waals surface area contributed by atoms with Gasteiger partial charge in [0.1, 0.15) is 12.4 Å². The molecule has 0 aliphatic carbocycles. The van der Waals surface area contributed by atoms with E-state index in [9.17, 15) is 9.59 Å². The van der Waals surface area contributed by atoms with Crippen molar-refractivity contribution in [2.45, 2.75) is 13.5 Å². The van der Waals surface area contributed by atoms with Crippen LogP contribution in [-0.4, -0.2) is 29.8 Å². The third-order valence-corrected chi connectivity index (χ3v) is 4.47. The summed E-state index contributed by atoms with van der Waals surface area (Å²) in [5.74, 6) is -0.306. The van der Waals surface area contributed by atoms with Crippen LogP contribution in [-0.2, 0) is 6.61 Å². The van der Waals surface area contributed by atoms with Crippen molar-refractivity contribution in [3.8, 4) is 11.5 Å². The first-order valence-electron chi connectivity index (χ1n) is 9.27. The maximum absolute atomic E-state index is 12.1. The SMILES string of the molecule is CCOc1cc(C=NNC(=O)c2cccc(Br)c2)ccc1OCc1ccc(C(=O)O)o1. The molecule has 8 nitrogen and oxygen atoms in total. The number of hydrogen-bond donors (Lipinski definition) is 2. The lowest BCUT2D eigenvalue weighted by atomic mass is 10.2. The van der Waals surface area contributed by atoms with E-state index < -0.39 is 5.97 Å². The van der Waals surface area contributed by atoms with Crippen LogP contribution in [0.4, 0.5) is 0 Å². The average Bonchev–Trinajstić information content (AvgIpc) is 3.23. The van der Waals surface area contributed by atoms with Crippen LogP contribution in [0.3, 0.4) is 0 Å². The third kappa shape index (κ3) is 6.19. The summed E-state index contributed by atoms with van der Waals surface area (Å²) in [6.07, 6.45) is 1.49. The largest absolute Gasteiger partial charge is 0.490 e. The van der Waals surface area contributed by atoms with Crippen molar-refractivity contribution in [1.29, 1.82) is 0 Å². The summed E-state index contributed by atoms with van der Waals surface area (Å²) >= 11 is 3.32. The maximum atomic E-state index is 12.1. The van der Waals surface area contributed by atoms with Gasteiger partial charge in [0.05, 0.1) is 12.8 Å². The molecule has 0 atom stereocenters. The van der Waals surface area contributed by atoms with Gasteiger partial charge in [-0.25, -0.2) is 10.2 Å². The molecular weight excluding hydrogens is 468 g/mol. The summed E-state index contributed by atoms with van der Waals surface area (Å²) in [5.41, 5.74) is 3.65. The quantitative estimate of drug-likeness (QED) is 0.340. The molecule has 3 rings (SSSR count). The number of nitrogens with one attached hydrogen (secondary N) is 1. The third-order valence-electron chi connectivity index (χ3n) is 3.98. The second kappa shape index (κ2) is 10.4. The zero-order valence-electron chi connectivity index (χ0n) is 16.5. The summed E-state index contributed by atoms with van der Waals surface area (Å²) in [7, 11) is 0. The van der Waals surface area contributed by atoms with Crippen LogP contribution in [0.5, 0.6) is 11.5 Å². The van der Waals surface area contributed by atoms with Gasteiger partial charge in [-0.15, -0.1) is 0 Å². The van der Waals surface area contributed by atoms with Gasteiger partial charge in [0.2, 0.25) is 5.76 Å². The van der Waals surface area contributed by atoms with E-state index >= 15 is 0 Å². The number of benzene rings is 2. The fourth-order valence-corrected chi connectivity index (χ4v) is 2.97. The van der Waals surface area contributed by atoms with Gasteiger partial charge < -0.3 is 19.0 Å². The van der Waals surface area contributed by atoms with Crippen LogP contribution in [0.1, 0.15) is 39.2 Å². The molecule has 1 heterocycles. The second-order valence-electron chi connectivity index (χ2n) is 6.21. The highest BCUT2D eigenvalue weighted by atomic mass is 79.9. The number of ether oxygens (including phenoxy) is 2. The van der Waals surface area contributed by atoms with Gasteiger partial charge in [-0.2, -0.15) is 5.10 Å². The molecule has 0 unspecified atom stereocenters. The Labute approximate surface area is 186 Å². The van der Waals surface area contributed by atoms with Crippen molar-refractivity contribution in [3.63, 3.8) is 0 Å². The maximum Gasteiger partial charge on any atom is 0.371 e. The lowest BCUT2D eigenvalue weighted by molar-refractivity contribution is 0.0657. The number of carboxylic acid groups (broad SMARTS) is 1. The van der Waals surface area contributed by atoms with Crippen molar-refractivity contribution in [1.82, 2.24) is 5.43 Å². The predicted molar refractivity (Wildman–Crippen MR) is 117 cm³/mol. The Morgan fingerprint density at radius 1 is 1.13 bits per heavy atom. The Morgan fingerprint density at radius 2 is 1.97 bits per heavy atom. The van der Waals surface area contributed by atoms with Crippen LogP contribution in [0.15, 0.2) is 68.6 Å². The van der Waals surface area contributed by atoms with E-state index in [0.717, 1.165) is 4.47 Å². The van der Waals surface area contributed by atoms with Crippen molar-refractivity contribution in [3.05, 3.63) is 81.7 Å². The lowest BCUT2D eigenvalue weighted by Crippen LogP contribution is -2.17. The molecule has 0 radical (unpaired) electrons. The normalized spacial score (nSPS) is 10.8. The molecule has 0 aliphatic heterocycles. The Balaban J connectivity index is 1.65. The molecule has 1 aromatic heterocycles. The van der Waals surface area contributed by atoms with Crippen LogP contribution in [0, 0.1) is 0 Å². The Kier molecular flexibility index (Phi) is 7.45. The van der Waals surface area contributed by atoms with Gasteiger partial charge >= 0.3 is 5.97 Å². The number of carboxylic acids is 1. The molecule has 2 aromatic carbocycles. The fraction of sp³-hybridized carbons (Fsp3) is 0.136. The minimum Gasteiger partial charge on any atom is -0.490 e. The zero-order chi connectivity index (χ0) is 22.2. The summed E-state index contributed by atoms with van der Waals surface area (Å²) in [6.45, 7) is 2.30. The molecule has 0 saturated heterocycles. The zero-order valence-corrected chi connectivity index (χ0v) is 18.1. The molecule has 2 N–H and O–H groups in total. The Hall–Kier alpha value is -3.59. The topological polar surface area (TPSA) is 110 Å². The predicted octanol–water partition coefficient (Wildman–Crippen LogP) is 4.48. The van der Waals surface area contributed by atoms with Gasteiger partial charge in [0, 0.05) is 10.0 Å². The smallest absolute Gasteiger partial charge is 0.371 e. The molecule has 3 aromatic rings. The van der Waals surface area contributed by atoms with Crippen LogP contribution >= 0.6 is 15.9 Å². The highest BCUT2D eigenvalue weighted by molar-refractivity contribution is 9.10. The number of amides is 1. The second-order valence-corrected chi connectivity index (χ2v) is 7.12. The van der Waals surface area contributed by atoms with E-state index in [0.29, 0.717) is 35.0 Å². The summed E-state index contributed by atoms with van der Waals surface area (Å²) in [4.78, 5) is 23.0. The number of hydrazone groups is 1. The van der Waals surface area contributed by atoms with Gasteiger partial charge in [-0.3, -0.25) is 4.79 Å².